The van der Waals surface area contributed by atoms with Crippen LogP contribution in [0, 0.1) is 0 Å². The van der Waals surface area contributed by atoms with Gasteiger partial charge in [0.05, 0.1) is 25.0 Å². The zero-order valence-corrected chi connectivity index (χ0v) is 11.1. The average Bonchev–Trinajstić information content (AvgIpc) is 2.48. The van der Waals surface area contributed by atoms with Crippen molar-refractivity contribution in [3.8, 4) is 5.75 Å². The van der Waals surface area contributed by atoms with Gasteiger partial charge >= 0.3 is 0 Å². The van der Waals surface area contributed by atoms with Gasteiger partial charge in [-0.1, -0.05) is 18.2 Å². The lowest BCUT2D eigenvalue weighted by atomic mass is 10.2. The number of hydrogen-bond donors (Lipinski definition) is 1. The Bertz CT molecular complexity index is 502. The maximum atomic E-state index is 5.71. The number of nitrogens with two attached hydrogens (primary N) is 1. The van der Waals surface area contributed by atoms with Crippen molar-refractivity contribution in [2.45, 2.75) is 6.54 Å². The number of methoxy groups -OCH3 is 1. The second-order valence-corrected chi connectivity index (χ2v) is 4.20. The lowest BCUT2D eigenvalue weighted by Gasteiger charge is -2.25. The highest BCUT2D eigenvalue weighted by Gasteiger charge is 2.11. The van der Waals surface area contributed by atoms with Crippen molar-refractivity contribution in [3.05, 3.63) is 54.4 Å². The molecule has 100 valence electrons. The zero-order chi connectivity index (χ0) is 13.5. The summed E-state index contributed by atoms with van der Waals surface area (Å²) in [7, 11) is 1.68. The van der Waals surface area contributed by atoms with Crippen LogP contribution < -0.4 is 15.4 Å². The molecule has 0 radical (unpaired) electrons. The number of rotatable bonds is 6. The van der Waals surface area contributed by atoms with Gasteiger partial charge in [0.15, 0.2) is 0 Å². The second-order valence-electron chi connectivity index (χ2n) is 4.20. The van der Waals surface area contributed by atoms with E-state index < -0.39 is 0 Å². The van der Waals surface area contributed by atoms with Crippen LogP contribution in [0.3, 0.4) is 0 Å². The smallest absolute Gasteiger partial charge is 0.142 e. The Labute approximate surface area is 113 Å². The normalized spacial score (nSPS) is 10.2. The first-order chi connectivity index (χ1) is 9.35. The molecule has 19 heavy (non-hydrogen) atoms. The highest BCUT2D eigenvalue weighted by Crippen LogP contribution is 2.28. The number of anilines is 1. The average molecular weight is 257 g/mol. The van der Waals surface area contributed by atoms with Crippen LogP contribution in [0.15, 0.2) is 48.7 Å². The number of para-hydroxylation sites is 2. The number of benzene rings is 1. The molecule has 0 amide bonds. The van der Waals surface area contributed by atoms with Gasteiger partial charge in [0.25, 0.3) is 0 Å². The van der Waals surface area contributed by atoms with E-state index in [0.29, 0.717) is 6.54 Å². The Morgan fingerprint density at radius 3 is 2.63 bits per heavy atom. The molecular formula is C15H19N3O. The van der Waals surface area contributed by atoms with Crippen molar-refractivity contribution in [1.29, 1.82) is 0 Å². The lowest BCUT2D eigenvalue weighted by Crippen LogP contribution is -2.29. The third-order valence-corrected chi connectivity index (χ3v) is 2.90. The topological polar surface area (TPSA) is 51.4 Å². The Balaban J connectivity index is 2.24. The molecule has 0 aliphatic heterocycles. The van der Waals surface area contributed by atoms with E-state index >= 15 is 0 Å². The van der Waals surface area contributed by atoms with Gasteiger partial charge in [-0.15, -0.1) is 0 Å². The number of aromatic nitrogens is 1. The Hall–Kier alpha value is -2.07. The minimum atomic E-state index is 0.588. The molecule has 4 nitrogen and oxygen atoms in total. The van der Waals surface area contributed by atoms with E-state index in [0.717, 1.165) is 30.2 Å². The van der Waals surface area contributed by atoms with Crippen LogP contribution in [0.1, 0.15) is 5.69 Å². The molecule has 0 aliphatic rings. The molecule has 1 heterocycles. The van der Waals surface area contributed by atoms with Crippen LogP contribution in [0.4, 0.5) is 5.69 Å². The summed E-state index contributed by atoms with van der Waals surface area (Å²) in [6.07, 6.45) is 1.80. The molecule has 0 aliphatic carbocycles. The molecule has 0 fully saturated rings. The monoisotopic (exact) mass is 257 g/mol. The molecular weight excluding hydrogens is 238 g/mol. The third kappa shape index (κ3) is 3.45. The van der Waals surface area contributed by atoms with E-state index in [9.17, 15) is 0 Å². The van der Waals surface area contributed by atoms with E-state index in [2.05, 4.69) is 9.88 Å². The summed E-state index contributed by atoms with van der Waals surface area (Å²) in [6, 6.07) is 13.9. The Morgan fingerprint density at radius 1 is 1.16 bits per heavy atom. The predicted molar refractivity (Wildman–Crippen MR) is 77.3 cm³/mol. The molecule has 0 saturated carbocycles. The van der Waals surface area contributed by atoms with Crippen molar-refractivity contribution in [3.63, 3.8) is 0 Å². The van der Waals surface area contributed by atoms with Crippen LogP contribution in [-0.4, -0.2) is 25.2 Å². The maximum Gasteiger partial charge on any atom is 0.142 e. The van der Waals surface area contributed by atoms with Crippen molar-refractivity contribution in [1.82, 2.24) is 4.98 Å². The largest absolute Gasteiger partial charge is 0.495 e. The summed E-state index contributed by atoms with van der Waals surface area (Å²) < 4.78 is 5.41. The summed E-state index contributed by atoms with van der Waals surface area (Å²) >= 11 is 0. The summed E-state index contributed by atoms with van der Waals surface area (Å²) in [6.45, 7) is 2.07. The zero-order valence-electron chi connectivity index (χ0n) is 11.1. The summed E-state index contributed by atoms with van der Waals surface area (Å²) in [4.78, 5) is 6.54. The molecule has 0 atom stereocenters. The van der Waals surface area contributed by atoms with Gasteiger partial charge in [-0.3, -0.25) is 4.98 Å². The molecule has 2 N–H and O–H groups in total. The second kappa shape index (κ2) is 6.75. The number of nitrogens with zero attached hydrogens (tertiary/aromatic N) is 2. The van der Waals surface area contributed by atoms with Crippen LogP contribution in [0.2, 0.25) is 0 Å². The maximum absolute atomic E-state index is 5.71. The van der Waals surface area contributed by atoms with Gasteiger partial charge in [0.1, 0.15) is 5.75 Å². The molecule has 1 aromatic heterocycles. The number of pyridine rings is 1. The minimum Gasteiger partial charge on any atom is -0.495 e. The van der Waals surface area contributed by atoms with Gasteiger partial charge in [0, 0.05) is 19.3 Å². The molecule has 0 unspecified atom stereocenters. The van der Waals surface area contributed by atoms with Gasteiger partial charge < -0.3 is 15.4 Å². The summed E-state index contributed by atoms with van der Waals surface area (Å²) in [5.74, 6) is 0.854. The van der Waals surface area contributed by atoms with Crippen molar-refractivity contribution in [2.24, 2.45) is 5.73 Å². The minimum absolute atomic E-state index is 0.588. The van der Waals surface area contributed by atoms with Crippen molar-refractivity contribution in [2.75, 3.05) is 25.1 Å². The van der Waals surface area contributed by atoms with Gasteiger partial charge in [-0.2, -0.15) is 0 Å². The highest BCUT2D eigenvalue weighted by atomic mass is 16.5. The van der Waals surface area contributed by atoms with Crippen LogP contribution >= 0.6 is 0 Å². The fraction of sp³-hybridized carbons (Fsp3) is 0.267. The predicted octanol–water partition coefficient (Wildman–Crippen LogP) is 2.06. The van der Waals surface area contributed by atoms with Crippen molar-refractivity contribution < 1.29 is 4.74 Å². The Morgan fingerprint density at radius 2 is 1.95 bits per heavy atom. The fourth-order valence-corrected chi connectivity index (χ4v) is 2.02. The van der Waals surface area contributed by atoms with Gasteiger partial charge in [-0.05, 0) is 24.3 Å². The van der Waals surface area contributed by atoms with Crippen molar-refractivity contribution >= 4 is 5.69 Å². The molecule has 2 aromatic rings. The van der Waals surface area contributed by atoms with E-state index in [4.69, 9.17) is 10.5 Å². The summed E-state index contributed by atoms with van der Waals surface area (Å²) in [5.41, 5.74) is 7.77. The molecule has 4 heteroatoms. The standard InChI is InChI=1S/C15H19N3O/c1-19-15-8-3-2-7-14(15)18(11-9-16)12-13-6-4-5-10-17-13/h2-8,10H,9,11-12,16H2,1H3. The quantitative estimate of drug-likeness (QED) is 0.860. The van der Waals surface area contributed by atoms with E-state index in [1.807, 2.05) is 42.5 Å². The molecule has 0 saturated heterocycles. The first kappa shape index (κ1) is 13.4. The van der Waals surface area contributed by atoms with Crippen LogP contribution in [0.5, 0.6) is 5.75 Å². The lowest BCUT2D eigenvalue weighted by molar-refractivity contribution is 0.414. The summed E-state index contributed by atoms with van der Waals surface area (Å²) in [5, 5.41) is 0. The third-order valence-electron chi connectivity index (χ3n) is 2.90. The molecule has 1 aromatic carbocycles. The van der Waals surface area contributed by atoms with E-state index in [-0.39, 0.29) is 0 Å². The Kier molecular flexibility index (Phi) is 4.75. The van der Waals surface area contributed by atoms with Gasteiger partial charge in [0.2, 0.25) is 0 Å². The molecule has 0 bridgehead atoms. The molecule has 0 spiro atoms. The fourth-order valence-electron chi connectivity index (χ4n) is 2.02. The van der Waals surface area contributed by atoms with Gasteiger partial charge in [-0.25, -0.2) is 0 Å². The molecule has 2 rings (SSSR count). The number of ether oxygens (including phenoxy) is 1. The van der Waals surface area contributed by atoms with Crippen LogP contribution in [0.25, 0.3) is 0 Å². The number of hydrogen-bond acceptors (Lipinski definition) is 4. The van der Waals surface area contributed by atoms with E-state index in [1.54, 1.807) is 13.3 Å². The van der Waals surface area contributed by atoms with Crippen LogP contribution in [-0.2, 0) is 6.54 Å². The SMILES string of the molecule is COc1ccccc1N(CCN)Cc1ccccn1. The highest BCUT2D eigenvalue weighted by molar-refractivity contribution is 5.58. The first-order valence-corrected chi connectivity index (χ1v) is 6.33. The first-order valence-electron chi connectivity index (χ1n) is 6.33. The van der Waals surface area contributed by atoms with E-state index in [1.165, 1.54) is 0 Å².